The molecule has 1 atom stereocenters. The van der Waals surface area contributed by atoms with Crippen LogP contribution in [0, 0.1) is 0 Å². The lowest BCUT2D eigenvalue weighted by Crippen LogP contribution is -2.36. The van der Waals surface area contributed by atoms with Crippen LogP contribution >= 0.6 is 0 Å². The number of para-hydroxylation sites is 1. The van der Waals surface area contributed by atoms with E-state index in [9.17, 15) is 22.8 Å². The largest absolute Gasteiger partial charge is 0.453 e. The van der Waals surface area contributed by atoms with Crippen LogP contribution in [0.15, 0.2) is 30.3 Å². The van der Waals surface area contributed by atoms with E-state index in [2.05, 4.69) is 20.7 Å². The highest BCUT2D eigenvalue weighted by Gasteiger charge is 2.41. The molecule has 0 aliphatic carbocycles. The number of anilines is 2. The van der Waals surface area contributed by atoms with Gasteiger partial charge < -0.3 is 5.32 Å². The fraction of sp³-hybridized carbons (Fsp3) is 0.231. The molecule has 2 N–H and O–H groups in total. The molecule has 7 nitrogen and oxygen atoms in total. The lowest BCUT2D eigenvalue weighted by Gasteiger charge is -2.22. The number of nitrogens with zero attached hydrogens (tertiary/aromatic N) is 3. The van der Waals surface area contributed by atoms with Crippen molar-refractivity contribution in [3.63, 3.8) is 0 Å². The van der Waals surface area contributed by atoms with Gasteiger partial charge in [0.2, 0.25) is 17.8 Å². The minimum Gasteiger partial charge on any atom is -0.324 e. The number of rotatable bonds is 2. The molecule has 1 aliphatic rings. The smallest absolute Gasteiger partial charge is 0.324 e. The van der Waals surface area contributed by atoms with Crippen LogP contribution in [0.5, 0.6) is 0 Å². The van der Waals surface area contributed by atoms with E-state index in [0.717, 1.165) is 4.68 Å². The molecule has 2 aromatic rings. The maximum absolute atomic E-state index is 12.7. The summed E-state index contributed by atoms with van der Waals surface area (Å²) in [6.07, 6.45) is -5.10. The third-order valence-electron chi connectivity index (χ3n) is 3.15. The van der Waals surface area contributed by atoms with Crippen LogP contribution in [0.4, 0.5) is 24.8 Å². The fourth-order valence-corrected chi connectivity index (χ4v) is 2.13. The van der Waals surface area contributed by atoms with Crippen molar-refractivity contribution in [1.82, 2.24) is 14.8 Å². The Bertz CT molecular complexity index is 757. The molecule has 0 unspecified atom stereocenters. The number of carbonyl (C=O) groups excluding carboxylic acids is 2. The third kappa shape index (κ3) is 3.00. The van der Waals surface area contributed by atoms with Crippen molar-refractivity contribution in [1.29, 1.82) is 0 Å². The molecule has 2 heterocycles. The zero-order chi connectivity index (χ0) is 16.6. The van der Waals surface area contributed by atoms with Crippen molar-refractivity contribution in [2.45, 2.75) is 18.6 Å². The van der Waals surface area contributed by atoms with Crippen molar-refractivity contribution < 1.29 is 22.8 Å². The van der Waals surface area contributed by atoms with Crippen LogP contribution in [0.1, 0.15) is 18.3 Å². The van der Waals surface area contributed by atoms with Gasteiger partial charge in [-0.25, -0.2) is 4.68 Å². The van der Waals surface area contributed by atoms with Gasteiger partial charge in [0.15, 0.2) is 0 Å². The second kappa shape index (κ2) is 5.38. The predicted molar refractivity (Wildman–Crippen MR) is 72.4 cm³/mol. The maximum atomic E-state index is 12.7. The van der Waals surface area contributed by atoms with Gasteiger partial charge >= 0.3 is 6.18 Å². The van der Waals surface area contributed by atoms with Crippen LogP contribution in [-0.2, 0) is 15.8 Å². The number of nitrogens with one attached hydrogen (secondary N) is 2. The number of halogens is 3. The standard InChI is InChI=1S/C13H10F3N5O2/c14-13(15,16)11-19-12-18-9(22)6-8(21(12)20-11)10(23)17-7-4-2-1-3-5-7/h1-5,8H,6H2,(H,17,23)(H,18,19,20,22)/t8-/m1/s1. The van der Waals surface area contributed by atoms with E-state index < -0.39 is 35.8 Å². The molecule has 0 fully saturated rings. The molecule has 23 heavy (non-hydrogen) atoms. The quantitative estimate of drug-likeness (QED) is 0.881. The van der Waals surface area contributed by atoms with E-state index in [4.69, 9.17) is 0 Å². The van der Waals surface area contributed by atoms with Crippen molar-refractivity contribution in [2.24, 2.45) is 0 Å². The zero-order valence-corrected chi connectivity index (χ0v) is 11.5. The van der Waals surface area contributed by atoms with Crippen LogP contribution in [0.25, 0.3) is 0 Å². The maximum Gasteiger partial charge on any atom is 0.453 e. The van der Waals surface area contributed by atoms with Gasteiger partial charge in [-0.1, -0.05) is 18.2 Å². The lowest BCUT2D eigenvalue weighted by molar-refractivity contribution is -0.145. The van der Waals surface area contributed by atoms with Crippen LogP contribution in [0.3, 0.4) is 0 Å². The first-order valence-corrected chi connectivity index (χ1v) is 6.54. The molecule has 10 heteroatoms. The number of carbonyl (C=O) groups is 2. The molecule has 0 saturated heterocycles. The van der Waals surface area contributed by atoms with Gasteiger partial charge in [0.25, 0.3) is 5.82 Å². The van der Waals surface area contributed by atoms with E-state index in [1.54, 1.807) is 30.3 Å². The molecule has 3 rings (SSSR count). The summed E-state index contributed by atoms with van der Waals surface area (Å²) in [4.78, 5) is 27.1. The Hall–Kier alpha value is -2.91. The summed E-state index contributed by atoms with van der Waals surface area (Å²) < 4.78 is 38.9. The topological polar surface area (TPSA) is 88.9 Å². The van der Waals surface area contributed by atoms with Crippen molar-refractivity contribution in [3.8, 4) is 0 Å². The minimum atomic E-state index is -4.77. The summed E-state index contributed by atoms with van der Waals surface area (Å²) in [7, 11) is 0. The minimum absolute atomic E-state index is 0.327. The van der Waals surface area contributed by atoms with Gasteiger partial charge in [0.1, 0.15) is 6.04 Å². The Morgan fingerprint density at radius 1 is 1.30 bits per heavy atom. The highest BCUT2D eigenvalue weighted by atomic mass is 19.4. The predicted octanol–water partition coefficient (Wildman–Crippen LogP) is 1.82. The molecule has 2 amide bonds. The SMILES string of the molecule is O=C1C[C@H](C(=O)Nc2ccccc2)n2nc(C(F)(F)F)nc2N1. The first kappa shape index (κ1) is 15.0. The molecule has 1 aromatic carbocycles. The second-order valence-corrected chi connectivity index (χ2v) is 4.82. The highest BCUT2D eigenvalue weighted by molar-refractivity contribution is 6.00. The van der Waals surface area contributed by atoms with Crippen molar-refractivity contribution in [2.75, 3.05) is 10.6 Å². The number of hydrogen-bond donors (Lipinski definition) is 2. The summed E-state index contributed by atoms with van der Waals surface area (Å²) in [5, 5.41) is 8.01. The van der Waals surface area contributed by atoms with Crippen LogP contribution in [0.2, 0.25) is 0 Å². The molecule has 1 aromatic heterocycles. The number of aromatic nitrogens is 3. The second-order valence-electron chi connectivity index (χ2n) is 4.82. The zero-order valence-electron chi connectivity index (χ0n) is 11.5. The number of alkyl halides is 3. The number of fused-ring (bicyclic) bond motifs is 1. The van der Waals surface area contributed by atoms with Crippen molar-refractivity contribution >= 4 is 23.5 Å². The third-order valence-corrected chi connectivity index (χ3v) is 3.15. The summed E-state index contributed by atoms with van der Waals surface area (Å²) in [6, 6.07) is 7.14. The molecule has 120 valence electrons. The Morgan fingerprint density at radius 3 is 2.65 bits per heavy atom. The van der Waals surface area contributed by atoms with E-state index >= 15 is 0 Å². The highest BCUT2D eigenvalue weighted by Crippen LogP contribution is 2.31. The molecule has 0 saturated carbocycles. The average molecular weight is 325 g/mol. The van der Waals surface area contributed by atoms with Gasteiger partial charge in [0.05, 0.1) is 6.42 Å². The molecule has 1 aliphatic heterocycles. The Balaban J connectivity index is 1.90. The summed E-state index contributed by atoms with van der Waals surface area (Å²) in [5.74, 6) is -3.06. The van der Waals surface area contributed by atoms with Gasteiger partial charge in [-0.2, -0.15) is 18.2 Å². The van der Waals surface area contributed by atoms with E-state index in [-0.39, 0.29) is 6.42 Å². The van der Waals surface area contributed by atoms with Crippen LogP contribution in [-0.4, -0.2) is 26.6 Å². The summed E-state index contributed by atoms with van der Waals surface area (Å²) in [6.45, 7) is 0. The number of hydrogen-bond acceptors (Lipinski definition) is 4. The number of amides is 2. The van der Waals surface area contributed by atoms with Gasteiger partial charge in [-0.3, -0.25) is 14.9 Å². The van der Waals surface area contributed by atoms with Crippen LogP contribution < -0.4 is 10.6 Å². The Morgan fingerprint density at radius 2 is 2.00 bits per heavy atom. The lowest BCUT2D eigenvalue weighted by atomic mass is 10.1. The van der Waals surface area contributed by atoms with Gasteiger partial charge in [-0.15, -0.1) is 5.10 Å². The van der Waals surface area contributed by atoms with Gasteiger partial charge in [0, 0.05) is 5.69 Å². The van der Waals surface area contributed by atoms with E-state index in [1.807, 2.05) is 0 Å². The number of benzene rings is 1. The Labute approximate surface area is 127 Å². The first-order valence-electron chi connectivity index (χ1n) is 6.54. The van der Waals surface area contributed by atoms with E-state index in [1.165, 1.54) is 0 Å². The van der Waals surface area contributed by atoms with Gasteiger partial charge in [-0.05, 0) is 12.1 Å². The fourth-order valence-electron chi connectivity index (χ4n) is 2.13. The molecular weight excluding hydrogens is 315 g/mol. The normalized spacial score (nSPS) is 17.3. The van der Waals surface area contributed by atoms with Crippen molar-refractivity contribution in [3.05, 3.63) is 36.2 Å². The summed E-state index contributed by atoms with van der Waals surface area (Å²) >= 11 is 0. The summed E-state index contributed by atoms with van der Waals surface area (Å²) in [5.41, 5.74) is 0.459. The molecule has 0 spiro atoms. The Kier molecular flexibility index (Phi) is 3.51. The molecular formula is C13H10F3N5O2. The molecule has 0 bridgehead atoms. The average Bonchev–Trinajstić information content (AvgIpc) is 2.91. The monoisotopic (exact) mass is 325 g/mol. The molecule has 0 radical (unpaired) electrons. The van der Waals surface area contributed by atoms with E-state index in [0.29, 0.717) is 5.69 Å². The first-order chi connectivity index (χ1) is 10.8.